The van der Waals surface area contributed by atoms with Crippen molar-refractivity contribution in [2.75, 3.05) is 0 Å². The summed E-state index contributed by atoms with van der Waals surface area (Å²) >= 11 is 1.89. The van der Waals surface area contributed by atoms with Gasteiger partial charge >= 0.3 is 0 Å². The number of nitrogens with zero attached hydrogens (tertiary/aromatic N) is 1. The summed E-state index contributed by atoms with van der Waals surface area (Å²) in [5, 5.41) is 1.31. The first-order valence-corrected chi connectivity index (χ1v) is 6.62. The van der Waals surface area contributed by atoms with Gasteiger partial charge in [-0.2, -0.15) is 0 Å². The summed E-state index contributed by atoms with van der Waals surface area (Å²) in [6.07, 6.45) is 5.59. The van der Waals surface area contributed by atoms with Gasteiger partial charge in [0.05, 0.1) is 5.01 Å². The van der Waals surface area contributed by atoms with E-state index >= 15 is 0 Å². The molecule has 2 heteroatoms. The molecule has 0 aliphatic carbocycles. The Hall–Kier alpha value is -0.370. The molecule has 0 spiro atoms. The Morgan fingerprint density at radius 3 is 2.53 bits per heavy atom. The summed E-state index contributed by atoms with van der Waals surface area (Å²) < 4.78 is 0. The molecule has 1 aromatic rings. The van der Waals surface area contributed by atoms with Crippen LogP contribution in [0.5, 0.6) is 0 Å². The van der Waals surface area contributed by atoms with Crippen LogP contribution in [0.2, 0.25) is 0 Å². The predicted octanol–water partition coefficient (Wildman–Crippen LogP) is 4.32. The number of aryl methyl sites for hydroxylation is 1. The standard InChI is InChI=1S/C13H23NS/c1-10(2)8-11-9-14-12(15-11)6-7-13(3,4)5/h9-10H,6-8H2,1-5H3. The van der Waals surface area contributed by atoms with Crippen molar-refractivity contribution < 1.29 is 0 Å². The Labute approximate surface area is 97.9 Å². The van der Waals surface area contributed by atoms with Gasteiger partial charge in [-0.25, -0.2) is 4.98 Å². The third kappa shape index (κ3) is 5.31. The van der Waals surface area contributed by atoms with Crippen LogP contribution in [-0.4, -0.2) is 4.98 Å². The van der Waals surface area contributed by atoms with E-state index in [-0.39, 0.29) is 0 Å². The van der Waals surface area contributed by atoms with Crippen molar-refractivity contribution in [2.24, 2.45) is 11.3 Å². The van der Waals surface area contributed by atoms with Crippen molar-refractivity contribution in [2.45, 2.75) is 53.9 Å². The smallest absolute Gasteiger partial charge is 0.0927 e. The summed E-state index contributed by atoms with van der Waals surface area (Å²) in [5.74, 6) is 0.737. The van der Waals surface area contributed by atoms with E-state index in [9.17, 15) is 0 Å². The maximum absolute atomic E-state index is 4.49. The van der Waals surface area contributed by atoms with E-state index < -0.39 is 0 Å². The van der Waals surface area contributed by atoms with Crippen molar-refractivity contribution in [3.05, 3.63) is 16.1 Å². The fourth-order valence-electron chi connectivity index (χ4n) is 1.44. The zero-order valence-electron chi connectivity index (χ0n) is 10.6. The van der Waals surface area contributed by atoms with Crippen molar-refractivity contribution in [1.29, 1.82) is 0 Å². The highest BCUT2D eigenvalue weighted by atomic mass is 32.1. The molecule has 0 fully saturated rings. The number of hydrogen-bond donors (Lipinski definition) is 0. The van der Waals surface area contributed by atoms with Crippen LogP contribution in [0.15, 0.2) is 6.20 Å². The first kappa shape index (κ1) is 12.7. The largest absolute Gasteiger partial charge is 0.249 e. The van der Waals surface area contributed by atoms with E-state index in [1.54, 1.807) is 0 Å². The van der Waals surface area contributed by atoms with Crippen molar-refractivity contribution >= 4 is 11.3 Å². The van der Waals surface area contributed by atoms with Crippen LogP contribution in [0.25, 0.3) is 0 Å². The van der Waals surface area contributed by atoms with Gasteiger partial charge in [-0.3, -0.25) is 0 Å². The monoisotopic (exact) mass is 225 g/mol. The lowest BCUT2D eigenvalue weighted by molar-refractivity contribution is 0.378. The second kappa shape index (κ2) is 5.11. The molecule has 0 amide bonds. The Kier molecular flexibility index (Phi) is 4.32. The zero-order valence-corrected chi connectivity index (χ0v) is 11.4. The fraction of sp³-hybridized carbons (Fsp3) is 0.769. The second-order valence-electron chi connectivity index (χ2n) is 5.88. The average Bonchev–Trinajstić information content (AvgIpc) is 2.46. The third-order valence-corrected chi connectivity index (χ3v) is 3.38. The third-order valence-electron chi connectivity index (χ3n) is 2.30. The lowest BCUT2D eigenvalue weighted by Crippen LogP contribution is -2.05. The molecule has 1 nitrogen and oxygen atoms in total. The van der Waals surface area contributed by atoms with E-state index in [0.717, 1.165) is 12.3 Å². The molecule has 0 atom stereocenters. The number of rotatable bonds is 4. The van der Waals surface area contributed by atoms with E-state index in [1.807, 2.05) is 11.3 Å². The first-order valence-electron chi connectivity index (χ1n) is 5.80. The first-order chi connectivity index (χ1) is 6.87. The molecule has 15 heavy (non-hydrogen) atoms. The van der Waals surface area contributed by atoms with Gasteiger partial charge in [0.1, 0.15) is 0 Å². The second-order valence-corrected chi connectivity index (χ2v) is 7.08. The molecule has 1 rings (SSSR count). The summed E-state index contributed by atoms with van der Waals surface area (Å²) in [6.45, 7) is 11.4. The minimum atomic E-state index is 0.421. The molecule has 0 aliphatic rings. The minimum absolute atomic E-state index is 0.421. The van der Waals surface area contributed by atoms with Crippen molar-refractivity contribution in [3.8, 4) is 0 Å². The summed E-state index contributed by atoms with van der Waals surface area (Å²) in [5.41, 5.74) is 0.421. The normalized spacial score (nSPS) is 12.4. The van der Waals surface area contributed by atoms with Gasteiger partial charge in [-0.15, -0.1) is 11.3 Å². The Balaban J connectivity index is 2.46. The fourth-order valence-corrected chi connectivity index (χ4v) is 2.58. The quantitative estimate of drug-likeness (QED) is 0.743. The van der Waals surface area contributed by atoms with Crippen LogP contribution >= 0.6 is 11.3 Å². The van der Waals surface area contributed by atoms with E-state index in [4.69, 9.17) is 0 Å². The van der Waals surface area contributed by atoms with Crippen LogP contribution < -0.4 is 0 Å². The maximum atomic E-state index is 4.49. The molecule has 86 valence electrons. The van der Waals surface area contributed by atoms with Gasteiger partial charge < -0.3 is 0 Å². The highest BCUT2D eigenvalue weighted by Gasteiger charge is 2.12. The molecule has 1 aromatic heterocycles. The molecular weight excluding hydrogens is 202 g/mol. The summed E-state index contributed by atoms with van der Waals surface area (Å²) in [6, 6.07) is 0. The van der Waals surface area contributed by atoms with E-state index in [1.165, 1.54) is 22.7 Å². The molecule has 0 unspecified atom stereocenters. The topological polar surface area (TPSA) is 12.9 Å². The van der Waals surface area contributed by atoms with Crippen LogP contribution in [0.1, 0.15) is 50.9 Å². The Morgan fingerprint density at radius 1 is 1.33 bits per heavy atom. The van der Waals surface area contributed by atoms with Crippen LogP contribution in [0, 0.1) is 11.3 Å². The molecule has 0 radical (unpaired) electrons. The van der Waals surface area contributed by atoms with Gasteiger partial charge in [0.15, 0.2) is 0 Å². The lowest BCUT2D eigenvalue weighted by Gasteiger charge is -2.16. The van der Waals surface area contributed by atoms with Gasteiger partial charge in [0.25, 0.3) is 0 Å². The molecule has 0 saturated carbocycles. The molecule has 0 N–H and O–H groups in total. The minimum Gasteiger partial charge on any atom is -0.249 e. The molecular formula is C13H23NS. The molecule has 0 aromatic carbocycles. The van der Waals surface area contributed by atoms with Gasteiger partial charge in [-0.1, -0.05) is 34.6 Å². The van der Waals surface area contributed by atoms with Crippen molar-refractivity contribution in [1.82, 2.24) is 4.98 Å². The number of aromatic nitrogens is 1. The highest BCUT2D eigenvalue weighted by molar-refractivity contribution is 7.11. The molecule has 0 aliphatic heterocycles. The summed E-state index contributed by atoms with van der Waals surface area (Å²) in [4.78, 5) is 5.93. The van der Waals surface area contributed by atoms with Gasteiger partial charge in [0.2, 0.25) is 0 Å². The van der Waals surface area contributed by atoms with Gasteiger partial charge in [-0.05, 0) is 30.6 Å². The van der Waals surface area contributed by atoms with E-state index in [0.29, 0.717) is 5.41 Å². The van der Waals surface area contributed by atoms with Gasteiger partial charge in [0, 0.05) is 11.1 Å². The molecule has 0 bridgehead atoms. The maximum Gasteiger partial charge on any atom is 0.0927 e. The SMILES string of the molecule is CC(C)Cc1cnc(CCC(C)(C)C)s1. The highest BCUT2D eigenvalue weighted by Crippen LogP contribution is 2.24. The zero-order chi connectivity index (χ0) is 11.5. The van der Waals surface area contributed by atoms with Crippen molar-refractivity contribution in [3.63, 3.8) is 0 Å². The predicted molar refractivity (Wildman–Crippen MR) is 68.4 cm³/mol. The van der Waals surface area contributed by atoms with Crippen LogP contribution in [0.4, 0.5) is 0 Å². The Morgan fingerprint density at radius 2 is 2.00 bits per heavy atom. The molecule has 1 heterocycles. The Bertz CT molecular complexity index is 294. The van der Waals surface area contributed by atoms with E-state index in [2.05, 4.69) is 45.8 Å². The average molecular weight is 225 g/mol. The lowest BCUT2D eigenvalue weighted by atomic mass is 9.91. The summed E-state index contributed by atoms with van der Waals surface area (Å²) in [7, 11) is 0. The van der Waals surface area contributed by atoms with Crippen LogP contribution in [-0.2, 0) is 12.8 Å². The number of thiazole rings is 1. The number of hydrogen-bond acceptors (Lipinski definition) is 2. The molecule has 0 saturated heterocycles. The van der Waals surface area contributed by atoms with Crippen LogP contribution in [0.3, 0.4) is 0 Å².